The standard InChI is InChI=1S/C14H23N3/c1-5-6-7-11-17(4)14-13(12(2)15-3)9-8-10-16-14/h5,8-10,12,15H,1,6-7,11H2,2-4H3. The molecule has 0 saturated carbocycles. The number of anilines is 1. The van der Waals surface area contributed by atoms with Crippen LogP contribution in [0.1, 0.15) is 31.4 Å². The normalized spacial score (nSPS) is 12.2. The van der Waals surface area contributed by atoms with E-state index in [4.69, 9.17) is 0 Å². The van der Waals surface area contributed by atoms with Gasteiger partial charge in [0.1, 0.15) is 5.82 Å². The van der Waals surface area contributed by atoms with Gasteiger partial charge in [-0.15, -0.1) is 6.58 Å². The minimum absolute atomic E-state index is 0.320. The summed E-state index contributed by atoms with van der Waals surface area (Å²) < 4.78 is 0. The van der Waals surface area contributed by atoms with E-state index < -0.39 is 0 Å². The van der Waals surface area contributed by atoms with E-state index in [-0.39, 0.29) is 0 Å². The van der Waals surface area contributed by atoms with Crippen LogP contribution in [0.2, 0.25) is 0 Å². The van der Waals surface area contributed by atoms with E-state index in [0.717, 1.165) is 25.2 Å². The number of rotatable bonds is 7. The van der Waals surface area contributed by atoms with Gasteiger partial charge in [0.2, 0.25) is 0 Å². The van der Waals surface area contributed by atoms with Crippen molar-refractivity contribution in [2.45, 2.75) is 25.8 Å². The fraction of sp³-hybridized carbons (Fsp3) is 0.500. The summed E-state index contributed by atoms with van der Waals surface area (Å²) in [6.45, 7) is 6.90. The van der Waals surface area contributed by atoms with Crippen molar-refractivity contribution in [3.8, 4) is 0 Å². The smallest absolute Gasteiger partial charge is 0.133 e. The minimum atomic E-state index is 0.320. The lowest BCUT2D eigenvalue weighted by Gasteiger charge is -2.23. The molecule has 94 valence electrons. The summed E-state index contributed by atoms with van der Waals surface area (Å²) in [7, 11) is 4.07. The molecule has 0 aromatic carbocycles. The Bertz CT molecular complexity index is 349. The zero-order valence-corrected chi connectivity index (χ0v) is 11.1. The molecule has 0 bridgehead atoms. The van der Waals surface area contributed by atoms with Gasteiger partial charge < -0.3 is 10.2 Å². The van der Waals surface area contributed by atoms with Gasteiger partial charge >= 0.3 is 0 Å². The first kappa shape index (κ1) is 13.7. The third kappa shape index (κ3) is 3.86. The Labute approximate surface area is 105 Å². The van der Waals surface area contributed by atoms with Crippen molar-refractivity contribution in [2.75, 3.05) is 25.5 Å². The lowest BCUT2D eigenvalue weighted by atomic mass is 10.1. The van der Waals surface area contributed by atoms with Crippen molar-refractivity contribution in [1.29, 1.82) is 0 Å². The Morgan fingerprint density at radius 2 is 2.35 bits per heavy atom. The lowest BCUT2D eigenvalue weighted by molar-refractivity contribution is 0.645. The van der Waals surface area contributed by atoms with Crippen LogP contribution in [0.4, 0.5) is 5.82 Å². The molecule has 0 aliphatic heterocycles. The summed E-state index contributed by atoms with van der Waals surface area (Å²) in [5.74, 6) is 1.07. The first-order valence-electron chi connectivity index (χ1n) is 6.15. The molecule has 0 spiro atoms. The number of aromatic nitrogens is 1. The second-order valence-corrected chi connectivity index (χ2v) is 4.28. The highest BCUT2D eigenvalue weighted by Crippen LogP contribution is 2.22. The number of pyridine rings is 1. The zero-order chi connectivity index (χ0) is 12.7. The zero-order valence-electron chi connectivity index (χ0n) is 11.1. The van der Waals surface area contributed by atoms with Gasteiger partial charge in [0.25, 0.3) is 0 Å². The van der Waals surface area contributed by atoms with Gasteiger partial charge in [-0.05, 0) is 32.9 Å². The summed E-state index contributed by atoms with van der Waals surface area (Å²) in [6.07, 6.45) is 5.98. The molecule has 1 atom stereocenters. The molecule has 3 nitrogen and oxygen atoms in total. The number of unbranched alkanes of at least 4 members (excludes halogenated alkanes) is 1. The third-order valence-corrected chi connectivity index (χ3v) is 2.98. The Kier molecular flexibility index (Phi) is 5.70. The molecule has 0 saturated heterocycles. The maximum absolute atomic E-state index is 4.49. The topological polar surface area (TPSA) is 28.2 Å². The fourth-order valence-corrected chi connectivity index (χ4v) is 1.80. The highest BCUT2D eigenvalue weighted by molar-refractivity contribution is 5.47. The van der Waals surface area contributed by atoms with Crippen molar-refractivity contribution in [3.05, 3.63) is 36.5 Å². The van der Waals surface area contributed by atoms with Crippen LogP contribution in [0.25, 0.3) is 0 Å². The molecule has 1 heterocycles. The second-order valence-electron chi connectivity index (χ2n) is 4.28. The van der Waals surface area contributed by atoms with Gasteiger partial charge in [0.05, 0.1) is 0 Å². The molecule has 0 aliphatic rings. The van der Waals surface area contributed by atoms with Crippen molar-refractivity contribution >= 4 is 5.82 Å². The number of nitrogens with zero attached hydrogens (tertiary/aromatic N) is 2. The van der Waals surface area contributed by atoms with Gasteiger partial charge in [0, 0.05) is 31.4 Å². The summed E-state index contributed by atoms with van der Waals surface area (Å²) in [5.41, 5.74) is 1.25. The van der Waals surface area contributed by atoms with Gasteiger partial charge in [-0.1, -0.05) is 12.1 Å². The highest BCUT2D eigenvalue weighted by atomic mass is 15.2. The quantitative estimate of drug-likeness (QED) is 0.580. The molecule has 1 rings (SSSR count). The third-order valence-electron chi connectivity index (χ3n) is 2.98. The van der Waals surface area contributed by atoms with Crippen molar-refractivity contribution in [2.24, 2.45) is 0 Å². The van der Waals surface area contributed by atoms with Crippen LogP contribution in [0.15, 0.2) is 31.0 Å². The molecule has 3 heteroatoms. The first-order valence-corrected chi connectivity index (χ1v) is 6.15. The van der Waals surface area contributed by atoms with Crippen LogP contribution in [0.3, 0.4) is 0 Å². The highest BCUT2D eigenvalue weighted by Gasteiger charge is 2.12. The van der Waals surface area contributed by atoms with Crippen LogP contribution in [0, 0.1) is 0 Å². The van der Waals surface area contributed by atoms with Crippen molar-refractivity contribution < 1.29 is 0 Å². The molecule has 0 amide bonds. The van der Waals surface area contributed by atoms with Crippen LogP contribution < -0.4 is 10.2 Å². The molecule has 17 heavy (non-hydrogen) atoms. The monoisotopic (exact) mass is 233 g/mol. The molecule has 0 fully saturated rings. The van der Waals surface area contributed by atoms with Gasteiger partial charge in [-0.2, -0.15) is 0 Å². The maximum atomic E-state index is 4.49. The van der Waals surface area contributed by atoms with Crippen LogP contribution in [0.5, 0.6) is 0 Å². The first-order chi connectivity index (χ1) is 8.20. The number of hydrogen-bond donors (Lipinski definition) is 1. The lowest BCUT2D eigenvalue weighted by Crippen LogP contribution is -2.23. The van der Waals surface area contributed by atoms with E-state index in [2.05, 4.69) is 41.8 Å². The molecular formula is C14H23N3. The molecule has 1 aromatic rings. The number of nitrogens with one attached hydrogen (secondary N) is 1. The SMILES string of the molecule is C=CCCCN(C)c1ncccc1C(C)NC. The minimum Gasteiger partial charge on any atom is -0.359 e. The Morgan fingerprint density at radius 1 is 1.59 bits per heavy atom. The Hall–Kier alpha value is -1.35. The molecule has 0 aliphatic carbocycles. The largest absolute Gasteiger partial charge is 0.359 e. The fourth-order valence-electron chi connectivity index (χ4n) is 1.80. The van der Waals surface area contributed by atoms with Crippen LogP contribution >= 0.6 is 0 Å². The predicted octanol–water partition coefficient (Wildman–Crippen LogP) is 2.76. The summed E-state index contributed by atoms with van der Waals surface area (Å²) >= 11 is 0. The van der Waals surface area contributed by atoms with Crippen LogP contribution in [-0.2, 0) is 0 Å². The Balaban J connectivity index is 2.77. The summed E-state index contributed by atoms with van der Waals surface area (Å²) in [5, 5.41) is 3.26. The van der Waals surface area contributed by atoms with E-state index in [1.165, 1.54) is 5.56 Å². The molecule has 1 unspecified atom stereocenters. The van der Waals surface area contributed by atoms with E-state index in [1.54, 1.807) is 0 Å². The van der Waals surface area contributed by atoms with Crippen molar-refractivity contribution in [3.63, 3.8) is 0 Å². The van der Waals surface area contributed by atoms with E-state index >= 15 is 0 Å². The molecular weight excluding hydrogens is 210 g/mol. The van der Waals surface area contributed by atoms with Gasteiger partial charge in [0.15, 0.2) is 0 Å². The Morgan fingerprint density at radius 3 is 3.00 bits per heavy atom. The number of allylic oxidation sites excluding steroid dienone is 1. The maximum Gasteiger partial charge on any atom is 0.133 e. The van der Waals surface area contributed by atoms with E-state index in [1.807, 2.05) is 25.4 Å². The predicted molar refractivity (Wildman–Crippen MR) is 74.4 cm³/mol. The average Bonchev–Trinajstić information content (AvgIpc) is 2.38. The summed E-state index contributed by atoms with van der Waals surface area (Å²) in [6, 6.07) is 4.44. The molecule has 0 radical (unpaired) electrons. The second kappa shape index (κ2) is 7.07. The summed E-state index contributed by atoms with van der Waals surface area (Å²) in [4.78, 5) is 6.70. The number of hydrogen-bond acceptors (Lipinski definition) is 3. The van der Waals surface area contributed by atoms with Gasteiger partial charge in [-0.3, -0.25) is 0 Å². The molecule has 1 aromatic heterocycles. The van der Waals surface area contributed by atoms with E-state index in [9.17, 15) is 0 Å². The van der Waals surface area contributed by atoms with Gasteiger partial charge in [-0.25, -0.2) is 4.98 Å². The van der Waals surface area contributed by atoms with Crippen molar-refractivity contribution in [1.82, 2.24) is 10.3 Å². The van der Waals surface area contributed by atoms with E-state index in [0.29, 0.717) is 6.04 Å². The average molecular weight is 233 g/mol. The van der Waals surface area contributed by atoms with Crippen LogP contribution in [-0.4, -0.2) is 25.6 Å². The molecule has 1 N–H and O–H groups in total.